The molecule has 1 atom stereocenters. The molecule has 0 unspecified atom stereocenters. The van der Waals surface area contributed by atoms with E-state index in [9.17, 15) is 9.18 Å². The maximum atomic E-state index is 13.9. The van der Waals surface area contributed by atoms with Crippen LogP contribution in [0.25, 0.3) is 0 Å². The Morgan fingerprint density at radius 1 is 1.24 bits per heavy atom. The van der Waals surface area contributed by atoms with Gasteiger partial charge in [0.25, 0.3) is 5.91 Å². The molecular weight excluding hydrogens is 319 g/mol. The SMILES string of the molecule is CNc1cnc(C[C@@H]2CCCN(C(=O)c3ccccc3F)CC2)cn1. The molecule has 1 aliphatic heterocycles. The van der Waals surface area contributed by atoms with Crippen molar-refractivity contribution < 1.29 is 9.18 Å². The Bertz CT molecular complexity index is 720. The molecule has 2 heterocycles. The van der Waals surface area contributed by atoms with Crippen LogP contribution in [0, 0.1) is 11.7 Å². The van der Waals surface area contributed by atoms with Gasteiger partial charge in [-0.05, 0) is 43.7 Å². The summed E-state index contributed by atoms with van der Waals surface area (Å²) < 4.78 is 13.9. The molecule has 1 aromatic carbocycles. The molecule has 1 fully saturated rings. The van der Waals surface area contributed by atoms with Crippen molar-refractivity contribution in [3.8, 4) is 0 Å². The van der Waals surface area contributed by atoms with Crippen LogP contribution in [-0.4, -0.2) is 40.9 Å². The summed E-state index contributed by atoms with van der Waals surface area (Å²) in [6, 6.07) is 6.19. The zero-order valence-electron chi connectivity index (χ0n) is 14.4. The first kappa shape index (κ1) is 17.3. The number of carbonyl (C=O) groups excluding carboxylic acids is 1. The van der Waals surface area contributed by atoms with Gasteiger partial charge in [-0.25, -0.2) is 9.37 Å². The number of hydrogen-bond acceptors (Lipinski definition) is 4. The van der Waals surface area contributed by atoms with Crippen LogP contribution < -0.4 is 5.32 Å². The van der Waals surface area contributed by atoms with Crippen LogP contribution >= 0.6 is 0 Å². The van der Waals surface area contributed by atoms with Crippen molar-refractivity contribution in [2.24, 2.45) is 5.92 Å². The van der Waals surface area contributed by atoms with Crippen LogP contribution in [-0.2, 0) is 6.42 Å². The van der Waals surface area contributed by atoms with Crippen molar-refractivity contribution in [2.75, 3.05) is 25.5 Å². The third-order valence-electron chi connectivity index (χ3n) is 4.70. The van der Waals surface area contributed by atoms with Crippen molar-refractivity contribution >= 4 is 11.7 Å². The molecule has 1 N–H and O–H groups in total. The monoisotopic (exact) mass is 342 g/mol. The summed E-state index contributed by atoms with van der Waals surface area (Å²) in [6.45, 7) is 1.33. The zero-order chi connectivity index (χ0) is 17.6. The predicted molar refractivity (Wildman–Crippen MR) is 94.9 cm³/mol. The number of nitrogens with zero attached hydrogens (tertiary/aromatic N) is 3. The molecule has 3 rings (SSSR count). The van der Waals surface area contributed by atoms with Gasteiger partial charge in [0.05, 0.1) is 23.7 Å². The fraction of sp³-hybridized carbons (Fsp3) is 0.421. The Labute approximate surface area is 147 Å². The quantitative estimate of drug-likeness (QED) is 0.927. The number of carbonyl (C=O) groups is 1. The minimum atomic E-state index is -0.451. The maximum absolute atomic E-state index is 13.9. The highest BCUT2D eigenvalue weighted by Gasteiger charge is 2.23. The Kier molecular flexibility index (Phi) is 5.58. The van der Waals surface area contributed by atoms with Gasteiger partial charge in [0, 0.05) is 20.1 Å². The molecule has 0 saturated carbocycles. The first-order chi connectivity index (χ1) is 12.2. The molecule has 0 bridgehead atoms. The van der Waals surface area contributed by atoms with Gasteiger partial charge in [-0.3, -0.25) is 9.78 Å². The molecule has 25 heavy (non-hydrogen) atoms. The van der Waals surface area contributed by atoms with Gasteiger partial charge in [-0.2, -0.15) is 0 Å². The number of nitrogens with one attached hydrogen (secondary N) is 1. The van der Waals surface area contributed by atoms with Gasteiger partial charge in [-0.15, -0.1) is 0 Å². The van der Waals surface area contributed by atoms with Gasteiger partial charge in [0.1, 0.15) is 11.6 Å². The fourth-order valence-corrected chi connectivity index (χ4v) is 3.26. The fourth-order valence-electron chi connectivity index (χ4n) is 3.26. The lowest BCUT2D eigenvalue weighted by Gasteiger charge is -2.21. The van der Waals surface area contributed by atoms with Crippen molar-refractivity contribution in [2.45, 2.75) is 25.7 Å². The van der Waals surface area contributed by atoms with Gasteiger partial charge < -0.3 is 10.2 Å². The molecule has 1 amide bonds. The second-order valence-electron chi connectivity index (χ2n) is 6.42. The van der Waals surface area contributed by atoms with Gasteiger partial charge >= 0.3 is 0 Å². The van der Waals surface area contributed by atoms with E-state index < -0.39 is 5.82 Å². The van der Waals surface area contributed by atoms with Gasteiger partial charge in [0.15, 0.2) is 0 Å². The minimum absolute atomic E-state index is 0.162. The molecule has 1 aliphatic rings. The van der Waals surface area contributed by atoms with E-state index in [-0.39, 0.29) is 11.5 Å². The third kappa shape index (κ3) is 4.32. The third-order valence-corrected chi connectivity index (χ3v) is 4.70. The number of amides is 1. The van der Waals surface area contributed by atoms with E-state index in [0.717, 1.165) is 37.2 Å². The number of aromatic nitrogens is 2. The zero-order valence-corrected chi connectivity index (χ0v) is 14.4. The van der Waals surface area contributed by atoms with E-state index in [0.29, 0.717) is 19.0 Å². The van der Waals surface area contributed by atoms with Gasteiger partial charge in [-0.1, -0.05) is 12.1 Å². The molecule has 2 aromatic rings. The normalized spacial score (nSPS) is 17.8. The second kappa shape index (κ2) is 8.05. The molecule has 6 heteroatoms. The lowest BCUT2D eigenvalue weighted by Crippen LogP contribution is -2.32. The minimum Gasteiger partial charge on any atom is -0.372 e. The lowest BCUT2D eigenvalue weighted by molar-refractivity contribution is 0.0755. The van der Waals surface area contributed by atoms with E-state index in [4.69, 9.17) is 0 Å². The summed E-state index contributed by atoms with van der Waals surface area (Å²) in [5.41, 5.74) is 1.13. The van der Waals surface area contributed by atoms with Crippen molar-refractivity contribution in [1.82, 2.24) is 14.9 Å². The lowest BCUT2D eigenvalue weighted by atomic mass is 9.95. The number of anilines is 1. The summed E-state index contributed by atoms with van der Waals surface area (Å²) in [5.74, 6) is 0.560. The van der Waals surface area contributed by atoms with Crippen LogP contribution in [0.3, 0.4) is 0 Å². The molecule has 0 radical (unpaired) electrons. The topological polar surface area (TPSA) is 58.1 Å². The number of rotatable bonds is 4. The summed E-state index contributed by atoms with van der Waals surface area (Å²) in [5, 5.41) is 2.96. The molecule has 132 valence electrons. The average molecular weight is 342 g/mol. The first-order valence-electron chi connectivity index (χ1n) is 8.70. The van der Waals surface area contributed by atoms with Gasteiger partial charge in [0.2, 0.25) is 0 Å². The number of halogens is 1. The molecule has 1 saturated heterocycles. The van der Waals surface area contributed by atoms with Crippen LogP contribution in [0.2, 0.25) is 0 Å². The summed E-state index contributed by atoms with van der Waals surface area (Å²) >= 11 is 0. The first-order valence-corrected chi connectivity index (χ1v) is 8.70. The standard InChI is InChI=1S/C19H23FN4O/c1-21-18-13-22-15(12-23-18)11-14-5-4-9-24(10-8-14)19(25)16-6-2-3-7-17(16)20/h2-3,6-7,12-14H,4-5,8-11H2,1H3,(H,21,23)/t14-/m1/s1. The summed E-state index contributed by atoms with van der Waals surface area (Å²) in [7, 11) is 1.82. The van der Waals surface area contributed by atoms with E-state index in [1.54, 1.807) is 35.5 Å². The number of benzene rings is 1. The Balaban J connectivity index is 1.60. The average Bonchev–Trinajstić information content (AvgIpc) is 2.88. The Hall–Kier alpha value is -2.50. The van der Waals surface area contributed by atoms with Crippen molar-refractivity contribution in [3.05, 3.63) is 53.7 Å². The molecular formula is C19H23FN4O. The molecule has 0 aliphatic carbocycles. The summed E-state index contributed by atoms with van der Waals surface area (Å²) in [6.07, 6.45) is 7.26. The van der Waals surface area contributed by atoms with E-state index in [1.807, 2.05) is 7.05 Å². The van der Waals surface area contributed by atoms with Crippen LogP contribution in [0.4, 0.5) is 10.2 Å². The summed E-state index contributed by atoms with van der Waals surface area (Å²) in [4.78, 5) is 23.1. The largest absolute Gasteiger partial charge is 0.372 e. The maximum Gasteiger partial charge on any atom is 0.256 e. The highest BCUT2D eigenvalue weighted by molar-refractivity contribution is 5.94. The predicted octanol–water partition coefficient (Wildman–Crippen LogP) is 3.14. The smallest absolute Gasteiger partial charge is 0.256 e. The van der Waals surface area contributed by atoms with Crippen molar-refractivity contribution in [1.29, 1.82) is 0 Å². The second-order valence-corrected chi connectivity index (χ2v) is 6.42. The Morgan fingerprint density at radius 2 is 2.08 bits per heavy atom. The highest BCUT2D eigenvalue weighted by atomic mass is 19.1. The number of likely N-dealkylation sites (tertiary alicyclic amines) is 1. The van der Waals surface area contributed by atoms with Crippen LogP contribution in [0.5, 0.6) is 0 Å². The molecule has 0 spiro atoms. The van der Waals surface area contributed by atoms with E-state index >= 15 is 0 Å². The van der Waals surface area contributed by atoms with E-state index in [2.05, 4.69) is 15.3 Å². The number of hydrogen-bond donors (Lipinski definition) is 1. The van der Waals surface area contributed by atoms with Crippen LogP contribution in [0.1, 0.15) is 35.3 Å². The Morgan fingerprint density at radius 3 is 2.80 bits per heavy atom. The van der Waals surface area contributed by atoms with Crippen molar-refractivity contribution in [3.63, 3.8) is 0 Å². The van der Waals surface area contributed by atoms with Crippen LogP contribution in [0.15, 0.2) is 36.7 Å². The molecule has 1 aromatic heterocycles. The molecule has 5 nitrogen and oxygen atoms in total. The van der Waals surface area contributed by atoms with E-state index in [1.165, 1.54) is 6.07 Å². The highest BCUT2D eigenvalue weighted by Crippen LogP contribution is 2.22.